The van der Waals surface area contributed by atoms with E-state index in [2.05, 4.69) is 28.1 Å². The molecule has 0 spiro atoms. The molecule has 0 radical (unpaired) electrons. The first-order valence-electron chi connectivity index (χ1n) is 9.74. The van der Waals surface area contributed by atoms with Crippen LogP contribution in [0.25, 0.3) is 0 Å². The van der Waals surface area contributed by atoms with E-state index in [4.69, 9.17) is 42.5 Å². The normalized spacial score (nSPS) is 20.7. The third kappa shape index (κ3) is 3.25. The summed E-state index contributed by atoms with van der Waals surface area (Å²) in [6, 6.07) is 17.5. The number of benzene rings is 3. The van der Waals surface area contributed by atoms with Gasteiger partial charge in [-0.2, -0.15) is 5.10 Å². The number of hydrazone groups is 1. The molecule has 3 aromatic rings. The van der Waals surface area contributed by atoms with E-state index in [9.17, 15) is 0 Å². The maximum Gasteiger partial charge on any atom is 0.231 e. The minimum Gasteiger partial charge on any atom is -0.463 e. The molecule has 8 heteroatoms. The molecule has 0 aromatic heterocycles. The van der Waals surface area contributed by atoms with Gasteiger partial charge in [-0.05, 0) is 48.0 Å². The zero-order valence-electron chi connectivity index (χ0n) is 16.0. The number of fused-ring (bicyclic) bond motifs is 4. The van der Waals surface area contributed by atoms with Gasteiger partial charge in [0.1, 0.15) is 5.75 Å². The lowest BCUT2D eigenvalue weighted by Gasteiger charge is -2.38. The standard InChI is InChI=1S/C23H15BrCl2N2O3/c24-14-4-1-12(2-5-14)18-10-19-16-8-15(25)9-17(26)22(16)31-23(28(19)27-18)13-3-6-20-21(7-13)30-11-29-20/h1-9,19,23H,10-11H2/t19-,23+/m0/s1. The van der Waals surface area contributed by atoms with E-state index in [0.717, 1.165) is 39.0 Å². The number of halogens is 3. The average Bonchev–Trinajstić information content (AvgIpc) is 3.41. The minimum absolute atomic E-state index is 0.0472. The van der Waals surface area contributed by atoms with Gasteiger partial charge in [-0.3, -0.25) is 0 Å². The first kappa shape index (κ1) is 19.3. The Morgan fingerprint density at radius 2 is 1.77 bits per heavy atom. The Labute approximate surface area is 197 Å². The summed E-state index contributed by atoms with van der Waals surface area (Å²) in [5.41, 5.74) is 3.89. The van der Waals surface area contributed by atoms with Crippen molar-refractivity contribution in [3.8, 4) is 17.2 Å². The highest BCUT2D eigenvalue weighted by molar-refractivity contribution is 9.10. The maximum atomic E-state index is 6.54. The molecule has 0 saturated heterocycles. The molecule has 0 amide bonds. The second kappa shape index (κ2) is 7.33. The van der Waals surface area contributed by atoms with E-state index in [0.29, 0.717) is 21.5 Å². The molecule has 3 aromatic carbocycles. The zero-order valence-corrected chi connectivity index (χ0v) is 19.1. The van der Waals surface area contributed by atoms with Crippen LogP contribution in [0.1, 0.15) is 35.4 Å². The summed E-state index contributed by atoms with van der Waals surface area (Å²) in [4.78, 5) is 0. The molecule has 3 aliphatic rings. The quantitative estimate of drug-likeness (QED) is 0.378. The molecular formula is C23H15BrCl2N2O3. The molecule has 156 valence electrons. The SMILES string of the molecule is Clc1cc(Cl)c2c(c1)[C@@H]1CC(c3ccc(Br)cc3)=NN1[C@@H](c1ccc3c(c1)OCO3)O2. The lowest BCUT2D eigenvalue weighted by atomic mass is 9.96. The Morgan fingerprint density at radius 3 is 2.61 bits per heavy atom. The van der Waals surface area contributed by atoms with Gasteiger partial charge in [0, 0.05) is 27.0 Å². The first-order valence-corrected chi connectivity index (χ1v) is 11.3. The Kier molecular flexibility index (Phi) is 4.56. The average molecular weight is 518 g/mol. The topological polar surface area (TPSA) is 43.3 Å². The van der Waals surface area contributed by atoms with Gasteiger partial charge < -0.3 is 14.2 Å². The summed E-state index contributed by atoms with van der Waals surface area (Å²) in [5.74, 6) is 2.06. The van der Waals surface area contributed by atoms with Crippen LogP contribution >= 0.6 is 39.1 Å². The molecule has 31 heavy (non-hydrogen) atoms. The summed E-state index contributed by atoms with van der Waals surface area (Å²) in [7, 11) is 0. The third-order valence-electron chi connectivity index (χ3n) is 5.67. The summed E-state index contributed by atoms with van der Waals surface area (Å²) in [6.45, 7) is 0.218. The van der Waals surface area contributed by atoms with Crippen molar-refractivity contribution in [3.05, 3.63) is 85.8 Å². The number of hydrogen-bond acceptors (Lipinski definition) is 5. The zero-order chi connectivity index (χ0) is 21.1. The number of rotatable bonds is 2. The van der Waals surface area contributed by atoms with Gasteiger partial charge in [0.15, 0.2) is 11.5 Å². The molecule has 0 aliphatic carbocycles. The van der Waals surface area contributed by atoms with E-state index in [1.54, 1.807) is 6.07 Å². The Hall–Kier alpha value is -2.41. The van der Waals surface area contributed by atoms with Crippen molar-refractivity contribution in [1.29, 1.82) is 0 Å². The first-order chi connectivity index (χ1) is 15.1. The van der Waals surface area contributed by atoms with Gasteiger partial charge in [-0.15, -0.1) is 0 Å². The monoisotopic (exact) mass is 516 g/mol. The molecule has 0 bridgehead atoms. The van der Waals surface area contributed by atoms with Gasteiger partial charge >= 0.3 is 0 Å². The van der Waals surface area contributed by atoms with E-state index >= 15 is 0 Å². The van der Waals surface area contributed by atoms with Crippen LogP contribution in [0.4, 0.5) is 0 Å². The van der Waals surface area contributed by atoms with Crippen LogP contribution in [0.2, 0.25) is 10.0 Å². The van der Waals surface area contributed by atoms with Crippen molar-refractivity contribution in [2.75, 3.05) is 6.79 Å². The molecule has 0 fully saturated rings. The molecular weight excluding hydrogens is 503 g/mol. The van der Waals surface area contributed by atoms with Gasteiger partial charge in [0.25, 0.3) is 0 Å². The predicted molar refractivity (Wildman–Crippen MR) is 122 cm³/mol. The van der Waals surface area contributed by atoms with Crippen LogP contribution in [0.15, 0.2) is 64.2 Å². The fraction of sp³-hybridized carbons (Fsp3) is 0.174. The van der Waals surface area contributed by atoms with Crippen LogP contribution in [0.5, 0.6) is 17.2 Å². The van der Waals surface area contributed by atoms with E-state index in [1.165, 1.54) is 0 Å². The second-order valence-electron chi connectivity index (χ2n) is 7.54. The third-order valence-corrected chi connectivity index (χ3v) is 6.69. The predicted octanol–water partition coefficient (Wildman–Crippen LogP) is 6.73. The highest BCUT2D eigenvalue weighted by atomic mass is 79.9. The highest BCUT2D eigenvalue weighted by Crippen LogP contribution is 2.51. The van der Waals surface area contributed by atoms with Crippen molar-refractivity contribution in [2.45, 2.75) is 18.7 Å². The van der Waals surface area contributed by atoms with Crippen LogP contribution in [-0.2, 0) is 0 Å². The largest absolute Gasteiger partial charge is 0.463 e. The summed E-state index contributed by atoms with van der Waals surface area (Å²) >= 11 is 16.4. The Morgan fingerprint density at radius 1 is 0.968 bits per heavy atom. The fourth-order valence-corrected chi connectivity index (χ4v) is 5.04. The summed E-state index contributed by atoms with van der Waals surface area (Å²) < 4.78 is 18.5. The molecule has 0 unspecified atom stereocenters. The molecule has 3 aliphatic heterocycles. The van der Waals surface area contributed by atoms with Gasteiger partial charge in [0.05, 0.1) is 16.8 Å². The number of nitrogens with zero attached hydrogens (tertiary/aromatic N) is 2. The van der Waals surface area contributed by atoms with Crippen molar-refractivity contribution < 1.29 is 14.2 Å². The van der Waals surface area contributed by atoms with Gasteiger partial charge in [-0.1, -0.05) is 51.3 Å². The van der Waals surface area contributed by atoms with Crippen molar-refractivity contribution in [1.82, 2.24) is 5.01 Å². The molecule has 3 heterocycles. The number of ether oxygens (including phenoxy) is 3. The summed E-state index contributed by atoms with van der Waals surface area (Å²) in [5, 5.41) is 8.03. The smallest absolute Gasteiger partial charge is 0.231 e. The van der Waals surface area contributed by atoms with Crippen LogP contribution < -0.4 is 14.2 Å². The lowest BCUT2D eigenvalue weighted by molar-refractivity contribution is -0.0190. The van der Waals surface area contributed by atoms with Crippen LogP contribution in [-0.4, -0.2) is 17.5 Å². The van der Waals surface area contributed by atoms with Crippen molar-refractivity contribution in [2.24, 2.45) is 5.10 Å². The lowest BCUT2D eigenvalue weighted by Crippen LogP contribution is -2.33. The molecule has 5 nitrogen and oxygen atoms in total. The highest BCUT2D eigenvalue weighted by Gasteiger charge is 2.42. The van der Waals surface area contributed by atoms with Gasteiger partial charge in [0.2, 0.25) is 13.0 Å². The van der Waals surface area contributed by atoms with Gasteiger partial charge in [-0.25, -0.2) is 5.01 Å². The second-order valence-corrected chi connectivity index (χ2v) is 9.30. The fourth-order valence-electron chi connectivity index (χ4n) is 4.22. The van der Waals surface area contributed by atoms with E-state index in [-0.39, 0.29) is 12.8 Å². The van der Waals surface area contributed by atoms with E-state index < -0.39 is 6.23 Å². The minimum atomic E-state index is -0.460. The van der Waals surface area contributed by atoms with E-state index in [1.807, 2.05) is 41.4 Å². The molecule has 0 saturated carbocycles. The Bertz CT molecular complexity index is 1230. The molecule has 2 atom stereocenters. The summed E-state index contributed by atoms with van der Waals surface area (Å²) in [6.07, 6.45) is 0.258. The maximum absolute atomic E-state index is 6.54. The Balaban J connectivity index is 1.47. The number of hydrogen-bond donors (Lipinski definition) is 0. The van der Waals surface area contributed by atoms with Crippen LogP contribution in [0, 0.1) is 0 Å². The molecule has 6 rings (SSSR count). The van der Waals surface area contributed by atoms with Crippen LogP contribution in [0.3, 0.4) is 0 Å². The van der Waals surface area contributed by atoms with Crippen molar-refractivity contribution in [3.63, 3.8) is 0 Å². The van der Waals surface area contributed by atoms with Crippen molar-refractivity contribution >= 4 is 44.8 Å². The molecule has 0 N–H and O–H groups in total.